The van der Waals surface area contributed by atoms with Crippen LogP contribution in [-0.2, 0) is 4.79 Å². The molecule has 0 bridgehead atoms. The van der Waals surface area contributed by atoms with Crippen LogP contribution in [0.5, 0.6) is 0 Å². The predicted molar refractivity (Wildman–Crippen MR) is 109 cm³/mol. The quantitative estimate of drug-likeness (QED) is 0.716. The number of nitrogens with zero attached hydrogens (tertiary/aromatic N) is 2. The molecular weight excluding hydrogens is 320 g/mol. The van der Waals surface area contributed by atoms with E-state index >= 15 is 0 Å². The van der Waals surface area contributed by atoms with Crippen molar-refractivity contribution in [2.24, 2.45) is 29.6 Å². The van der Waals surface area contributed by atoms with E-state index in [9.17, 15) is 4.79 Å². The minimum Gasteiger partial charge on any atom is -0.342 e. The third kappa shape index (κ3) is 4.82. The Balaban J connectivity index is 1.40. The van der Waals surface area contributed by atoms with Gasteiger partial charge in [-0.1, -0.05) is 27.7 Å². The molecule has 3 rings (SSSR count). The van der Waals surface area contributed by atoms with Crippen molar-refractivity contribution in [2.45, 2.75) is 85.1 Å². The van der Waals surface area contributed by atoms with Gasteiger partial charge in [0.05, 0.1) is 0 Å². The van der Waals surface area contributed by atoms with E-state index in [0.29, 0.717) is 11.8 Å². The van der Waals surface area contributed by atoms with E-state index in [1.165, 1.54) is 38.5 Å². The van der Waals surface area contributed by atoms with Crippen molar-refractivity contribution in [3.05, 3.63) is 0 Å². The molecular formula is C23H42N2O. The summed E-state index contributed by atoms with van der Waals surface area (Å²) >= 11 is 0. The minimum atomic E-state index is 0.300. The molecule has 3 aliphatic rings. The fourth-order valence-corrected chi connectivity index (χ4v) is 5.69. The summed E-state index contributed by atoms with van der Waals surface area (Å²) in [6.07, 6.45) is 10.2. The molecule has 0 N–H and O–H groups in total. The van der Waals surface area contributed by atoms with Crippen molar-refractivity contribution >= 4 is 5.91 Å². The summed E-state index contributed by atoms with van der Waals surface area (Å²) in [7, 11) is 0. The number of piperidine rings is 2. The second kappa shape index (κ2) is 9.08. The monoisotopic (exact) mass is 362 g/mol. The average molecular weight is 363 g/mol. The molecule has 0 unspecified atom stereocenters. The van der Waals surface area contributed by atoms with E-state index < -0.39 is 0 Å². The summed E-state index contributed by atoms with van der Waals surface area (Å²) in [6.45, 7) is 13.7. The molecule has 2 heterocycles. The topological polar surface area (TPSA) is 23.6 Å². The number of hydrogen-bond donors (Lipinski definition) is 0. The largest absolute Gasteiger partial charge is 0.342 e. The standard InChI is InChI=1S/C23H42N2O/c1-17(2)19-5-7-22(8-6-19)24-13-11-21(12-14-24)23(26)25-15-9-20(10-16-25)18(3)4/h17-22H,5-16H2,1-4H3. The molecule has 3 fully saturated rings. The molecule has 2 saturated heterocycles. The Morgan fingerprint density at radius 3 is 1.69 bits per heavy atom. The van der Waals surface area contributed by atoms with Crippen LogP contribution in [0.3, 0.4) is 0 Å². The Labute approximate surface area is 161 Å². The van der Waals surface area contributed by atoms with Crippen molar-refractivity contribution in [3.63, 3.8) is 0 Å². The molecule has 1 aliphatic carbocycles. The smallest absolute Gasteiger partial charge is 0.225 e. The summed E-state index contributed by atoms with van der Waals surface area (Å²) in [5.41, 5.74) is 0. The van der Waals surface area contributed by atoms with Crippen LogP contribution in [0.4, 0.5) is 0 Å². The van der Waals surface area contributed by atoms with Gasteiger partial charge in [-0.2, -0.15) is 0 Å². The third-order valence-corrected chi connectivity index (χ3v) is 7.87. The number of hydrogen-bond acceptors (Lipinski definition) is 2. The number of amides is 1. The highest BCUT2D eigenvalue weighted by Gasteiger charge is 2.34. The first-order valence-electron chi connectivity index (χ1n) is 11.5. The van der Waals surface area contributed by atoms with Gasteiger partial charge < -0.3 is 9.80 Å². The normalized spacial score (nSPS) is 30.3. The Morgan fingerprint density at radius 1 is 0.692 bits per heavy atom. The summed E-state index contributed by atoms with van der Waals surface area (Å²) in [6, 6.07) is 0.794. The molecule has 0 atom stereocenters. The van der Waals surface area contributed by atoms with Crippen LogP contribution in [0.1, 0.15) is 79.1 Å². The fraction of sp³-hybridized carbons (Fsp3) is 0.957. The first kappa shape index (κ1) is 20.2. The van der Waals surface area contributed by atoms with Crippen LogP contribution in [0.25, 0.3) is 0 Å². The molecule has 26 heavy (non-hydrogen) atoms. The third-order valence-electron chi connectivity index (χ3n) is 7.87. The second-order valence-electron chi connectivity index (χ2n) is 10.0. The summed E-state index contributed by atoms with van der Waals surface area (Å²) in [5, 5.41) is 0. The van der Waals surface area contributed by atoms with Crippen molar-refractivity contribution in [1.29, 1.82) is 0 Å². The van der Waals surface area contributed by atoms with Gasteiger partial charge in [0.2, 0.25) is 5.91 Å². The van der Waals surface area contributed by atoms with Gasteiger partial charge >= 0.3 is 0 Å². The molecule has 1 saturated carbocycles. The lowest BCUT2D eigenvalue weighted by Crippen LogP contribution is -2.48. The molecule has 3 heteroatoms. The molecule has 0 radical (unpaired) electrons. The van der Waals surface area contributed by atoms with Gasteiger partial charge in [-0.3, -0.25) is 4.79 Å². The highest BCUT2D eigenvalue weighted by Crippen LogP contribution is 2.34. The van der Waals surface area contributed by atoms with Crippen LogP contribution in [0.2, 0.25) is 0 Å². The van der Waals surface area contributed by atoms with Crippen molar-refractivity contribution < 1.29 is 4.79 Å². The summed E-state index contributed by atoms with van der Waals surface area (Å²) in [5.74, 6) is 4.14. The van der Waals surface area contributed by atoms with Gasteiger partial charge in [0.15, 0.2) is 0 Å². The second-order valence-corrected chi connectivity index (χ2v) is 10.0. The van der Waals surface area contributed by atoms with Crippen molar-refractivity contribution in [1.82, 2.24) is 9.80 Å². The zero-order valence-electron chi connectivity index (χ0n) is 17.8. The first-order valence-corrected chi connectivity index (χ1v) is 11.5. The number of rotatable bonds is 4. The number of carbonyl (C=O) groups excluding carboxylic acids is 1. The molecule has 3 nitrogen and oxygen atoms in total. The highest BCUT2D eigenvalue weighted by atomic mass is 16.2. The minimum absolute atomic E-state index is 0.300. The molecule has 0 spiro atoms. The van der Waals surface area contributed by atoms with Gasteiger partial charge in [0, 0.05) is 25.0 Å². The molecule has 0 aromatic carbocycles. The number of carbonyl (C=O) groups is 1. The zero-order valence-corrected chi connectivity index (χ0v) is 17.8. The van der Waals surface area contributed by atoms with Crippen LogP contribution in [0, 0.1) is 29.6 Å². The fourth-order valence-electron chi connectivity index (χ4n) is 5.69. The van der Waals surface area contributed by atoms with Crippen molar-refractivity contribution in [3.8, 4) is 0 Å². The average Bonchev–Trinajstić information content (AvgIpc) is 2.67. The lowest BCUT2D eigenvalue weighted by Gasteiger charge is -2.42. The Kier molecular flexibility index (Phi) is 7.05. The van der Waals surface area contributed by atoms with E-state index in [1.54, 1.807) is 0 Å². The van der Waals surface area contributed by atoms with Crippen LogP contribution >= 0.6 is 0 Å². The van der Waals surface area contributed by atoms with Gasteiger partial charge in [-0.15, -0.1) is 0 Å². The molecule has 0 aromatic rings. The van der Waals surface area contributed by atoms with Crippen LogP contribution < -0.4 is 0 Å². The van der Waals surface area contributed by atoms with Crippen LogP contribution in [-0.4, -0.2) is 47.9 Å². The molecule has 2 aliphatic heterocycles. The molecule has 1 amide bonds. The Morgan fingerprint density at radius 2 is 1.19 bits per heavy atom. The lowest BCUT2D eigenvalue weighted by molar-refractivity contribution is -0.139. The van der Waals surface area contributed by atoms with E-state index in [1.807, 2.05) is 0 Å². The zero-order chi connectivity index (χ0) is 18.7. The summed E-state index contributed by atoms with van der Waals surface area (Å²) < 4.78 is 0. The lowest BCUT2D eigenvalue weighted by atomic mass is 9.78. The van der Waals surface area contributed by atoms with E-state index in [0.717, 1.165) is 68.7 Å². The van der Waals surface area contributed by atoms with E-state index in [-0.39, 0.29) is 0 Å². The Hall–Kier alpha value is -0.570. The maximum absolute atomic E-state index is 12.9. The highest BCUT2D eigenvalue weighted by molar-refractivity contribution is 5.79. The maximum atomic E-state index is 12.9. The molecule has 0 aromatic heterocycles. The Bertz CT molecular complexity index is 437. The van der Waals surface area contributed by atoms with Crippen molar-refractivity contribution in [2.75, 3.05) is 26.2 Å². The van der Waals surface area contributed by atoms with E-state index in [4.69, 9.17) is 0 Å². The van der Waals surface area contributed by atoms with Crippen LogP contribution in [0.15, 0.2) is 0 Å². The van der Waals surface area contributed by atoms with E-state index in [2.05, 4.69) is 37.5 Å². The maximum Gasteiger partial charge on any atom is 0.225 e. The summed E-state index contributed by atoms with van der Waals surface area (Å²) in [4.78, 5) is 17.8. The van der Waals surface area contributed by atoms with Gasteiger partial charge in [0.1, 0.15) is 0 Å². The predicted octanol–water partition coefficient (Wildman–Crippen LogP) is 4.81. The number of likely N-dealkylation sites (tertiary alicyclic amines) is 2. The van der Waals surface area contributed by atoms with Gasteiger partial charge in [-0.25, -0.2) is 0 Å². The SMILES string of the molecule is CC(C)C1CCC(N2CCC(C(=O)N3CCC(C(C)C)CC3)CC2)CC1. The molecule has 150 valence electrons. The van der Waals surface area contributed by atoms with Gasteiger partial charge in [-0.05, 0) is 88.1 Å². The first-order chi connectivity index (χ1) is 12.5. The van der Waals surface area contributed by atoms with Gasteiger partial charge in [0.25, 0.3) is 0 Å².